The molecule has 136 valence electrons. The van der Waals surface area contributed by atoms with Gasteiger partial charge in [-0.25, -0.2) is 0 Å². The monoisotopic (exact) mass is 335 g/mol. The zero-order chi connectivity index (χ0) is 17.5. The van der Waals surface area contributed by atoms with Crippen molar-refractivity contribution < 1.29 is 9.47 Å². The molecule has 1 aromatic rings. The first kappa shape index (κ1) is 19.0. The van der Waals surface area contributed by atoms with Gasteiger partial charge in [0.05, 0.1) is 18.9 Å². The molecule has 1 aromatic heterocycles. The standard InChI is InChI=1S/C20H33NO3/c1-5-6-7-8-9-10-11-15-12-16(23-3)13-17-18(15)19(22)20(24-4)14(2)21-17/h15-16H,5-13H2,1-4H3,(H,21,22). The van der Waals surface area contributed by atoms with Crippen molar-refractivity contribution in [3.8, 4) is 5.75 Å². The summed E-state index contributed by atoms with van der Waals surface area (Å²) in [5.74, 6) is 0.751. The minimum atomic E-state index is 0.0780. The van der Waals surface area contributed by atoms with Gasteiger partial charge in [-0.2, -0.15) is 0 Å². The van der Waals surface area contributed by atoms with Gasteiger partial charge in [-0.15, -0.1) is 0 Å². The minimum Gasteiger partial charge on any atom is -0.491 e. The van der Waals surface area contributed by atoms with E-state index in [9.17, 15) is 4.79 Å². The average molecular weight is 335 g/mol. The number of aromatic amines is 1. The summed E-state index contributed by atoms with van der Waals surface area (Å²) in [6.45, 7) is 4.14. The first-order valence-corrected chi connectivity index (χ1v) is 9.44. The van der Waals surface area contributed by atoms with Crippen molar-refractivity contribution >= 4 is 0 Å². The van der Waals surface area contributed by atoms with Crippen LogP contribution in [0.2, 0.25) is 0 Å². The number of aromatic nitrogens is 1. The predicted octanol–water partition coefficient (Wildman–Crippen LogP) is 4.49. The van der Waals surface area contributed by atoms with Crippen LogP contribution in [0.25, 0.3) is 0 Å². The quantitative estimate of drug-likeness (QED) is 0.677. The second-order valence-electron chi connectivity index (χ2n) is 7.06. The van der Waals surface area contributed by atoms with Gasteiger partial charge in [-0.3, -0.25) is 4.79 Å². The molecule has 0 saturated carbocycles. The van der Waals surface area contributed by atoms with Crippen LogP contribution in [0, 0.1) is 6.92 Å². The van der Waals surface area contributed by atoms with Crippen molar-refractivity contribution in [2.75, 3.05) is 14.2 Å². The molecule has 0 spiro atoms. The molecule has 0 saturated heterocycles. The topological polar surface area (TPSA) is 51.3 Å². The normalized spacial score (nSPS) is 20.0. The van der Waals surface area contributed by atoms with Gasteiger partial charge < -0.3 is 14.5 Å². The van der Waals surface area contributed by atoms with Crippen LogP contribution in [0.4, 0.5) is 0 Å². The Hall–Kier alpha value is -1.29. The molecule has 2 unspecified atom stereocenters. The summed E-state index contributed by atoms with van der Waals surface area (Å²) in [7, 11) is 3.35. The van der Waals surface area contributed by atoms with E-state index in [1.165, 1.54) is 38.5 Å². The largest absolute Gasteiger partial charge is 0.491 e. The van der Waals surface area contributed by atoms with Gasteiger partial charge >= 0.3 is 0 Å². The van der Waals surface area contributed by atoms with Crippen LogP contribution in [0.15, 0.2) is 4.79 Å². The highest BCUT2D eigenvalue weighted by atomic mass is 16.5. The number of methoxy groups -OCH3 is 2. The van der Waals surface area contributed by atoms with E-state index in [1.54, 1.807) is 14.2 Å². The molecule has 0 aromatic carbocycles. The maximum absolute atomic E-state index is 12.9. The van der Waals surface area contributed by atoms with Crippen LogP contribution < -0.4 is 10.2 Å². The summed E-state index contributed by atoms with van der Waals surface area (Å²) in [5, 5.41) is 0. The third-order valence-corrected chi connectivity index (χ3v) is 5.29. The van der Waals surface area contributed by atoms with Crippen molar-refractivity contribution in [1.29, 1.82) is 0 Å². The molecule has 0 aliphatic heterocycles. The zero-order valence-electron chi connectivity index (χ0n) is 15.7. The van der Waals surface area contributed by atoms with Gasteiger partial charge in [-0.1, -0.05) is 45.4 Å². The summed E-state index contributed by atoms with van der Waals surface area (Å²) < 4.78 is 11.0. The molecular formula is C20H33NO3. The maximum atomic E-state index is 12.9. The third kappa shape index (κ3) is 4.41. The molecule has 24 heavy (non-hydrogen) atoms. The molecule has 0 radical (unpaired) electrons. The van der Waals surface area contributed by atoms with Crippen molar-refractivity contribution in [1.82, 2.24) is 4.98 Å². The molecule has 0 fully saturated rings. The Labute approximate surface area is 146 Å². The molecule has 1 N–H and O–H groups in total. The Morgan fingerprint density at radius 1 is 1.12 bits per heavy atom. The summed E-state index contributed by atoms with van der Waals surface area (Å²) >= 11 is 0. The zero-order valence-corrected chi connectivity index (χ0v) is 15.7. The van der Waals surface area contributed by atoms with Gasteiger partial charge in [0.2, 0.25) is 5.43 Å². The van der Waals surface area contributed by atoms with Gasteiger partial charge in [-0.05, 0) is 25.7 Å². The van der Waals surface area contributed by atoms with E-state index in [1.807, 2.05) is 6.92 Å². The van der Waals surface area contributed by atoms with Crippen LogP contribution in [0.5, 0.6) is 5.75 Å². The van der Waals surface area contributed by atoms with E-state index < -0.39 is 0 Å². The van der Waals surface area contributed by atoms with E-state index in [0.29, 0.717) is 5.75 Å². The Kier molecular flexibility index (Phi) is 7.35. The molecule has 4 nitrogen and oxygen atoms in total. The summed E-state index contributed by atoms with van der Waals surface area (Å²) in [4.78, 5) is 16.3. The molecular weight excluding hydrogens is 302 g/mol. The number of aryl methyl sites for hydroxylation is 1. The predicted molar refractivity (Wildman–Crippen MR) is 98.2 cm³/mol. The van der Waals surface area contributed by atoms with Gasteiger partial charge in [0, 0.05) is 24.8 Å². The van der Waals surface area contributed by atoms with Crippen LogP contribution >= 0.6 is 0 Å². The minimum absolute atomic E-state index is 0.0780. The fourth-order valence-corrected chi connectivity index (χ4v) is 3.98. The van der Waals surface area contributed by atoms with E-state index in [2.05, 4.69) is 11.9 Å². The molecule has 1 aliphatic carbocycles. The number of pyridine rings is 1. The van der Waals surface area contributed by atoms with Crippen LogP contribution in [-0.4, -0.2) is 25.3 Å². The number of nitrogens with one attached hydrogen (secondary N) is 1. The number of unbranched alkanes of at least 4 members (excludes halogenated alkanes) is 5. The summed E-state index contributed by atoms with van der Waals surface area (Å²) in [6, 6.07) is 0. The summed E-state index contributed by atoms with van der Waals surface area (Å²) in [5.41, 5.74) is 2.89. The number of hydrogen-bond acceptors (Lipinski definition) is 3. The van der Waals surface area contributed by atoms with Crippen molar-refractivity contribution in [3.05, 3.63) is 27.2 Å². The van der Waals surface area contributed by atoms with Gasteiger partial charge in [0.25, 0.3) is 0 Å². The molecule has 0 amide bonds. The average Bonchev–Trinajstić information content (AvgIpc) is 2.57. The second-order valence-corrected chi connectivity index (χ2v) is 7.06. The van der Waals surface area contributed by atoms with Gasteiger partial charge in [0.15, 0.2) is 5.75 Å². The van der Waals surface area contributed by atoms with Gasteiger partial charge in [0.1, 0.15) is 0 Å². The highest BCUT2D eigenvalue weighted by Gasteiger charge is 2.31. The number of H-pyrrole nitrogens is 1. The number of ether oxygens (including phenoxy) is 2. The van der Waals surface area contributed by atoms with Crippen molar-refractivity contribution in [2.45, 2.75) is 83.7 Å². The number of hydrogen-bond donors (Lipinski definition) is 1. The molecule has 0 bridgehead atoms. The maximum Gasteiger partial charge on any atom is 0.227 e. The smallest absolute Gasteiger partial charge is 0.227 e. The Balaban J connectivity index is 2.13. The van der Waals surface area contributed by atoms with Crippen LogP contribution in [-0.2, 0) is 11.2 Å². The van der Waals surface area contributed by atoms with Crippen molar-refractivity contribution in [2.24, 2.45) is 0 Å². The molecule has 4 heteroatoms. The number of rotatable bonds is 9. The Morgan fingerprint density at radius 2 is 1.83 bits per heavy atom. The van der Waals surface area contributed by atoms with E-state index in [0.717, 1.165) is 36.2 Å². The third-order valence-electron chi connectivity index (χ3n) is 5.29. The second kappa shape index (κ2) is 9.26. The lowest BCUT2D eigenvalue weighted by atomic mass is 9.80. The Morgan fingerprint density at radius 3 is 2.50 bits per heavy atom. The van der Waals surface area contributed by atoms with Crippen LogP contribution in [0.1, 0.15) is 81.2 Å². The van der Waals surface area contributed by atoms with E-state index in [4.69, 9.17) is 9.47 Å². The Bertz CT molecular complexity index is 579. The SMILES string of the molecule is CCCCCCCCC1CC(OC)Cc2[nH]c(C)c(OC)c(=O)c21. The lowest BCUT2D eigenvalue weighted by Gasteiger charge is -2.31. The van der Waals surface area contributed by atoms with Crippen LogP contribution in [0.3, 0.4) is 0 Å². The lowest BCUT2D eigenvalue weighted by Crippen LogP contribution is -2.31. The highest BCUT2D eigenvalue weighted by Crippen LogP contribution is 2.35. The highest BCUT2D eigenvalue weighted by molar-refractivity contribution is 5.39. The number of fused-ring (bicyclic) bond motifs is 1. The molecule has 1 aliphatic rings. The fourth-order valence-electron chi connectivity index (χ4n) is 3.98. The first-order chi connectivity index (χ1) is 11.6. The summed E-state index contributed by atoms with van der Waals surface area (Å²) in [6.07, 6.45) is 10.7. The van der Waals surface area contributed by atoms with Crippen molar-refractivity contribution in [3.63, 3.8) is 0 Å². The lowest BCUT2D eigenvalue weighted by molar-refractivity contribution is 0.0800. The molecule has 1 heterocycles. The first-order valence-electron chi connectivity index (χ1n) is 9.44. The van der Waals surface area contributed by atoms with E-state index in [-0.39, 0.29) is 17.5 Å². The van der Waals surface area contributed by atoms with E-state index >= 15 is 0 Å². The molecule has 2 atom stereocenters. The molecule has 2 rings (SSSR count). The fraction of sp³-hybridized carbons (Fsp3) is 0.750.